The van der Waals surface area contributed by atoms with Crippen molar-refractivity contribution in [2.45, 2.75) is 116 Å². The third kappa shape index (κ3) is 6.75. The predicted molar refractivity (Wildman–Crippen MR) is 237 cm³/mol. The normalized spacial score (nSPS) is 24.2. The Morgan fingerprint density at radius 2 is 1.30 bits per heavy atom. The number of carbonyl (C=O) groups excluding carboxylic acids is 1. The lowest BCUT2D eigenvalue weighted by atomic mass is 9.36. The maximum atomic E-state index is 12.7. The molecule has 15 heteroatoms. The van der Waals surface area contributed by atoms with Gasteiger partial charge in [-0.3, -0.25) is 29.0 Å². The van der Waals surface area contributed by atoms with Crippen LogP contribution in [0.5, 0.6) is 11.5 Å². The summed E-state index contributed by atoms with van der Waals surface area (Å²) in [5.74, 6) is -0.865. The van der Waals surface area contributed by atoms with E-state index in [1.54, 1.807) is 33.4 Å². The van der Waals surface area contributed by atoms with Crippen LogP contribution in [0.25, 0.3) is 22.5 Å². The first-order valence-electron chi connectivity index (χ1n) is 22.0. The summed E-state index contributed by atoms with van der Waals surface area (Å²) in [5.41, 5.74) is 5.29. The maximum absolute atomic E-state index is 12.7. The van der Waals surface area contributed by atoms with Crippen LogP contribution >= 0.6 is 0 Å². The van der Waals surface area contributed by atoms with Crippen molar-refractivity contribution in [2.75, 3.05) is 37.5 Å². The van der Waals surface area contributed by atoms with Gasteiger partial charge in [0.1, 0.15) is 22.6 Å². The first kappa shape index (κ1) is 43.2. The smallest absolute Gasteiger partial charge is 0.343 e. The summed E-state index contributed by atoms with van der Waals surface area (Å²) in [4.78, 5) is 49.5. The van der Waals surface area contributed by atoms with Gasteiger partial charge in [-0.05, 0) is 115 Å². The van der Waals surface area contributed by atoms with Gasteiger partial charge in [0.15, 0.2) is 10.9 Å². The minimum absolute atomic E-state index is 0.0244. The maximum Gasteiger partial charge on any atom is 0.343 e. The first-order valence-corrected chi connectivity index (χ1v) is 22.0. The topological polar surface area (TPSA) is 186 Å². The number of nitrogens with zero attached hydrogens (tertiary/aromatic N) is 5. The van der Waals surface area contributed by atoms with Gasteiger partial charge in [0.05, 0.1) is 72.5 Å². The molecule has 0 amide bonds. The fraction of sp³-hybridized carbons (Fsp3) is 0.490. The number of aromatic carboxylic acids is 1. The van der Waals surface area contributed by atoms with Crippen molar-refractivity contribution in [3.63, 3.8) is 0 Å². The Labute approximate surface area is 371 Å². The van der Waals surface area contributed by atoms with Gasteiger partial charge in [-0.2, -0.15) is 5.26 Å². The molecule has 3 saturated carbocycles. The molecular weight excluding hydrogens is 819 g/mol. The van der Waals surface area contributed by atoms with Crippen LogP contribution in [0.15, 0.2) is 58.4 Å². The number of pyridine rings is 2. The quantitative estimate of drug-likeness (QED) is 0.154. The molecule has 2 atom stereocenters. The molecule has 2 saturated heterocycles. The van der Waals surface area contributed by atoms with Gasteiger partial charge < -0.3 is 29.2 Å². The van der Waals surface area contributed by atoms with E-state index in [1.807, 2.05) is 21.5 Å². The third-order valence-electron chi connectivity index (χ3n) is 14.4. The number of methoxy groups -OCH3 is 2. The number of hydrogen-bond donors (Lipinski definition) is 2. The van der Waals surface area contributed by atoms with Crippen molar-refractivity contribution in [3.05, 3.63) is 103 Å². The molecule has 0 unspecified atom stereocenters. The van der Waals surface area contributed by atoms with E-state index in [0.29, 0.717) is 30.2 Å². The minimum Gasteiger partial charge on any atom is -0.508 e. The van der Waals surface area contributed by atoms with Gasteiger partial charge >= 0.3 is 11.9 Å². The number of ether oxygens (including phenoxy) is 4. The number of hydrogen-bond acceptors (Lipinski definition) is 12. The van der Waals surface area contributed by atoms with Crippen LogP contribution in [0.4, 0.5) is 0 Å². The molecule has 0 radical (unpaired) electrons. The van der Waals surface area contributed by atoms with Crippen LogP contribution in [0.2, 0.25) is 0 Å². The number of rotatable bonds is 10. The van der Waals surface area contributed by atoms with E-state index in [2.05, 4.69) is 49.8 Å². The summed E-state index contributed by atoms with van der Waals surface area (Å²) in [6.45, 7) is 11.7. The Hall–Kier alpha value is -6.11. The fourth-order valence-electron chi connectivity index (χ4n) is 11.5. The molecule has 64 heavy (non-hydrogen) atoms. The van der Waals surface area contributed by atoms with Gasteiger partial charge in [0, 0.05) is 66.4 Å². The van der Waals surface area contributed by atoms with Gasteiger partial charge in [0.25, 0.3) is 0 Å². The van der Waals surface area contributed by atoms with E-state index in [9.17, 15) is 34.7 Å². The highest BCUT2D eigenvalue weighted by Gasteiger charge is 2.68. The average molecular weight is 874 g/mol. The van der Waals surface area contributed by atoms with Crippen molar-refractivity contribution in [1.29, 1.82) is 5.26 Å². The summed E-state index contributed by atoms with van der Waals surface area (Å²) in [6.07, 6.45) is 9.49. The Kier molecular flexibility index (Phi) is 10.3. The zero-order chi connectivity index (χ0) is 45.7. The molecule has 4 aliphatic heterocycles. The third-order valence-corrected chi connectivity index (χ3v) is 14.4. The van der Waals surface area contributed by atoms with E-state index in [0.717, 1.165) is 78.5 Å². The van der Waals surface area contributed by atoms with Gasteiger partial charge in [-0.1, -0.05) is 0 Å². The Morgan fingerprint density at radius 3 is 1.83 bits per heavy atom. The molecule has 15 nitrogen and oxygen atoms in total. The zero-order valence-corrected chi connectivity index (χ0v) is 37.4. The standard InChI is InChI=1S/C27H29N3O5.C22H26N2O5/c1-25(2)5-4-20-18-7-23(35-15-27-11-26(12-27,13-27)14-28)16(10-34-3)6-17(18)21-8-22(31)19(24(32)33)9-29(21)30(20)25;1-5-29-21(27)16-11-23-18(10-20(16)26)14-8-13(12-28-4)19(25)9-15(14)17-6-7-22(2,3)24(17)23/h6-9,20H,4-5,10-13,15H2,1-3H3,(H,32,33);8-11,17,25H,5-7,12H2,1-4H3/t20-,26?,27?;17-/m11/s1. The van der Waals surface area contributed by atoms with Crippen molar-refractivity contribution in [1.82, 2.24) is 9.35 Å². The lowest BCUT2D eigenvalue weighted by Crippen LogP contribution is -2.63. The number of esters is 1. The van der Waals surface area contributed by atoms with E-state index in [1.165, 1.54) is 18.3 Å². The minimum atomic E-state index is -1.22. The highest BCUT2D eigenvalue weighted by molar-refractivity contribution is 5.90. The number of carboxylic acids is 1. The number of nitriles is 1. The second-order valence-corrected chi connectivity index (χ2v) is 19.7. The predicted octanol–water partition coefficient (Wildman–Crippen LogP) is 7.11. The molecule has 336 valence electrons. The molecule has 2 aromatic carbocycles. The van der Waals surface area contributed by atoms with Crippen molar-refractivity contribution < 1.29 is 38.7 Å². The molecular formula is C49H55N5O10. The van der Waals surface area contributed by atoms with Crippen molar-refractivity contribution >= 4 is 11.9 Å². The molecule has 7 aliphatic rings. The molecule has 4 aromatic rings. The molecule has 5 fully saturated rings. The monoisotopic (exact) mass is 873 g/mol. The van der Waals surface area contributed by atoms with Crippen LogP contribution in [0.1, 0.15) is 135 Å². The van der Waals surface area contributed by atoms with Crippen LogP contribution < -0.4 is 25.6 Å². The second-order valence-electron chi connectivity index (χ2n) is 19.7. The van der Waals surface area contributed by atoms with E-state index < -0.39 is 17.4 Å². The molecule has 2 bridgehead atoms. The van der Waals surface area contributed by atoms with E-state index in [-0.39, 0.29) is 69.5 Å². The average Bonchev–Trinajstić information content (AvgIpc) is 3.72. The van der Waals surface area contributed by atoms with E-state index >= 15 is 0 Å². The summed E-state index contributed by atoms with van der Waals surface area (Å²) < 4.78 is 25.9. The SMILES string of the molecule is CCOC(=O)c1cn2c(cc1=O)-c1cc(COC)c(O)cc1[C@H]1CCC(C)(C)N12.COCc1cc2c(cc1OCC13CC(C#N)(C1)C3)[C@H]1CCC(C)(C)N1n1cc(C(=O)O)c(=O)cc1-2. The number of carboxylic acid groups (broad SMARTS) is 1. The van der Waals surface area contributed by atoms with Gasteiger partial charge in [0.2, 0.25) is 0 Å². The number of carbonyl (C=O) groups is 2. The highest BCUT2D eigenvalue weighted by atomic mass is 16.5. The van der Waals surface area contributed by atoms with E-state index in [4.69, 9.17) is 18.9 Å². The van der Waals surface area contributed by atoms with Crippen molar-refractivity contribution in [3.8, 4) is 40.1 Å². The summed E-state index contributed by atoms with van der Waals surface area (Å²) >= 11 is 0. The largest absolute Gasteiger partial charge is 0.508 e. The number of aromatic hydroxyl groups is 1. The van der Waals surface area contributed by atoms with Crippen LogP contribution in [0, 0.1) is 22.2 Å². The molecule has 3 aliphatic carbocycles. The molecule has 6 heterocycles. The Morgan fingerprint density at radius 1 is 0.781 bits per heavy atom. The number of phenols is 1. The molecule has 2 aromatic heterocycles. The van der Waals surface area contributed by atoms with Gasteiger partial charge in [-0.25, -0.2) is 9.59 Å². The molecule has 2 N–H and O–H groups in total. The molecule has 0 spiro atoms. The number of fused-ring (bicyclic) bond motifs is 12. The van der Waals surface area contributed by atoms with Crippen LogP contribution in [-0.4, -0.2) is 70.0 Å². The Bertz CT molecular complexity index is 2760. The second kappa shape index (κ2) is 15.3. The van der Waals surface area contributed by atoms with Crippen LogP contribution in [-0.2, 0) is 27.4 Å². The molecule has 11 rings (SSSR count). The van der Waals surface area contributed by atoms with Crippen LogP contribution in [0.3, 0.4) is 0 Å². The zero-order valence-electron chi connectivity index (χ0n) is 37.4. The highest BCUT2D eigenvalue weighted by Crippen LogP contribution is 2.73. The number of phenolic OH excluding ortho intramolecular Hbond substituents is 1. The first-order chi connectivity index (χ1) is 30.4. The summed E-state index contributed by atoms with van der Waals surface area (Å²) in [5, 5.41) is 33.8. The fourth-order valence-corrected chi connectivity index (χ4v) is 11.5. The number of aromatic nitrogens is 2. The summed E-state index contributed by atoms with van der Waals surface area (Å²) in [7, 11) is 3.21. The lowest BCUT2D eigenvalue weighted by molar-refractivity contribution is -0.182. The van der Waals surface area contributed by atoms with Gasteiger partial charge in [-0.15, -0.1) is 0 Å². The number of benzene rings is 2. The summed E-state index contributed by atoms with van der Waals surface area (Å²) in [6, 6.07) is 13.2. The van der Waals surface area contributed by atoms with Crippen molar-refractivity contribution in [2.24, 2.45) is 10.8 Å². The lowest BCUT2D eigenvalue weighted by Gasteiger charge is -2.66. The Balaban J connectivity index is 0.000000165.